The number of aromatic nitrogens is 2. The molecular weight excluding hydrogens is 419 g/mol. The number of hydrogen-bond donors (Lipinski definition) is 1. The molecular formula is C26H31FN4O2. The van der Waals surface area contributed by atoms with Gasteiger partial charge >= 0.3 is 0 Å². The lowest BCUT2D eigenvalue weighted by atomic mass is 9.49. The van der Waals surface area contributed by atoms with Gasteiger partial charge in [-0.25, -0.2) is 14.4 Å². The van der Waals surface area contributed by atoms with E-state index >= 15 is 0 Å². The molecule has 4 aliphatic carbocycles. The number of ether oxygens (including phenoxy) is 1. The zero-order valence-corrected chi connectivity index (χ0v) is 19.1. The summed E-state index contributed by atoms with van der Waals surface area (Å²) in [5, 5.41) is 3.23. The number of benzene rings is 1. The molecule has 4 bridgehead atoms. The Labute approximate surface area is 193 Å². The Morgan fingerprint density at radius 1 is 1.18 bits per heavy atom. The maximum absolute atomic E-state index is 14.3. The van der Waals surface area contributed by atoms with E-state index in [0.717, 1.165) is 61.2 Å². The first-order valence-corrected chi connectivity index (χ1v) is 12.2. The summed E-state index contributed by atoms with van der Waals surface area (Å²) in [6, 6.07) is 4.84. The van der Waals surface area contributed by atoms with Crippen LogP contribution in [-0.2, 0) is 24.3 Å². The smallest absolute Gasteiger partial charge is 0.231 e. The van der Waals surface area contributed by atoms with Gasteiger partial charge in [0, 0.05) is 30.8 Å². The number of halogens is 1. The molecule has 2 aromatic rings. The number of fused-ring (bicyclic) bond motifs is 1. The zero-order chi connectivity index (χ0) is 22.6. The molecule has 5 aliphatic rings. The van der Waals surface area contributed by atoms with Crippen molar-refractivity contribution in [2.75, 3.05) is 19.0 Å². The first-order chi connectivity index (χ1) is 16.0. The summed E-state index contributed by atoms with van der Waals surface area (Å²) in [5.41, 5.74) is 2.36. The van der Waals surface area contributed by atoms with Crippen LogP contribution in [0.1, 0.15) is 55.3 Å². The molecule has 1 aliphatic heterocycles. The molecule has 7 rings (SSSR count). The second kappa shape index (κ2) is 8.05. The Balaban J connectivity index is 1.18. The number of amides is 1. The first-order valence-electron chi connectivity index (χ1n) is 12.2. The van der Waals surface area contributed by atoms with E-state index in [9.17, 15) is 9.18 Å². The van der Waals surface area contributed by atoms with E-state index in [2.05, 4.69) is 20.2 Å². The van der Waals surface area contributed by atoms with Crippen molar-refractivity contribution in [1.82, 2.24) is 14.9 Å². The highest BCUT2D eigenvalue weighted by molar-refractivity contribution is 5.95. The van der Waals surface area contributed by atoms with Crippen LogP contribution in [0.3, 0.4) is 0 Å². The second-order valence-corrected chi connectivity index (χ2v) is 10.7. The van der Waals surface area contributed by atoms with E-state index in [4.69, 9.17) is 4.74 Å². The first kappa shape index (κ1) is 21.0. The molecule has 1 aromatic carbocycles. The van der Waals surface area contributed by atoms with Crippen LogP contribution < -0.4 is 10.1 Å². The molecule has 4 fully saturated rings. The molecule has 0 unspecified atom stereocenters. The van der Waals surface area contributed by atoms with Crippen LogP contribution in [0.2, 0.25) is 0 Å². The van der Waals surface area contributed by atoms with Gasteiger partial charge in [0.25, 0.3) is 0 Å². The summed E-state index contributed by atoms with van der Waals surface area (Å²) in [4.78, 5) is 24.7. The molecule has 0 radical (unpaired) electrons. The Hall–Kier alpha value is -2.54. The lowest BCUT2D eigenvalue weighted by Gasteiger charge is -2.55. The number of hydrogen-bond acceptors (Lipinski definition) is 5. The molecule has 33 heavy (non-hydrogen) atoms. The molecule has 6 nitrogen and oxygen atoms in total. The average Bonchev–Trinajstić information content (AvgIpc) is 2.79. The van der Waals surface area contributed by atoms with E-state index in [1.165, 1.54) is 25.3 Å². The lowest BCUT2D eigenvalue weighted by Crippen LogP contribution is -2.52. The van der Waals surface area contributed by atoms with Gasteiger partial charge in [-0.2, -0.15) is 0 Å². The summed E-state index contributed by atoms with van der Waals surface area (Å²) in [5.74, 6) is 3.45. The number of methoxy groups -OCH3 is 1. The topological polar surface area (TPSA) is 67.3 Å². The van der Waals surface area contributed by atoms with Crippen molar-refractivity contribution in [3.63, 3.8) is 0 Å². The zero-order valence-electron chi connectivity index (χ0n) is 19.1. The number of nitrogens with zero attached hydrogens (tertiary/aromatic N) is 3. The molecule has 2 heterocycles. The minimum Gasteiger partial charge on any atom is -0.497 e. The van der Waals surface area contributed by atoms with E-state index in [-0.39, 0.29) is 17.1 Å². The van der Waals surface area contributed by atoms with Gasteiger partial charge in [0.05, 0.1) is 18.2 Å². The summed E-state index contributed by atoms with van der Waals surface area (Å²) in [6.07, 6.45) is 9.35. The highest BCUT2D eigenvalue weighted by Gasteiger charge is 2.54. The highest BCUT2D eigenvalue weighted by atomic mass is 19.1. The van der Waals surface area contributed by atoms with Crippen molar-refractivity contribution >= 4 is 11.7 Å². The number of carbonyl (C=O) groups excluding carboxylic acids is 1. The number of rotatable bonds is 5. The Bertz CT molecular complexity index is 1050. The number of carbonyl (C=O) groups is 1. The van der Waals surface area contributed by atoms with Gasteiger partial charge in [-0.1, -0.05) is 0 Å². The van der Waals surface area contributed by atoms with Crippen LogP contribution in [0, 0.1) is 29.0 Å². The van der Waals surface area contributed by atoms with E-state index in [1.807, 2.05) is 0 Å². The average molecular weight is 451 g/mol. The van der Waals surface area contributed by atoms with Crippen molar-refractivity contribution < 1.29 is 13.9 Å². The fraction of sp³-hybridized carbons (Fsp3) is 0.577. The molecule has 7 heteroatoms. The third-order valence-corrected chi connectivity index (χ3v) is 8.48. The molecule has 1 N–H and O–H groups in total. The van der Waals surface area contributed by atoms with Crippen LogP contribution >= 0.6 is 0 Å². The summed E-state index contributed by atoms with van der Waals surface area (Å²) < 4.78 is 19.6. The SMILES string of the molecule is COc1ccc(F)c(CN2CCc3c(ncnc3NC(=O)C34CC5CC(CC(C5)C3)C4)C2)c1. The monoisotopic (exact) mass is 450 g/mol. The number of nitrogens with one attached hydrogen (secondary N) is 1. The Morgan fingerprint density at radius 2 is 1.91 bits per heavy atom. The minimum absolute atomic E-state index is 0.170. The maximum atomic E-state index is 14.3. The van der Waals surface area contributed by atoms with Crippen molar-refractivity contribution in [3.05, 3.63) is 47.2 Å². The highest BCUT2D eigenvalue weighted by Crippen LogP contribution is 2.60. The molecule has 0 atom stereocenters. The molecule has 0 saturated heterocycles. The fourth-order valence-corrected chi connectivity index (χ4v) is 7.32. The standard InChI is InChI=1S/C26H31FN4O2/c1-33-20-2-3-22(27)19(9-20)13-31-5-4-21-23(14-31)28-15-29-24(21)30-25(32)26-10-16-6-17(11-26)8-18(7-16)12-26/h2-3,9,15-18H,4-8,10-14H2,1H3,(H,28,29,30,32). The molecule has 1 aromatic heterocycles. The van der Waals surface area contributed by atoms with Crippen LogP contribution in [0.5, 0.6) is 5.75 Å². The molecule has 174 valence electrons. The third-order valence-electron chi connectivity index (χ3n) is 8.48. The quantitative estimate of drug-likeness (QED) is 0.734. The maximum Gasteiger partial charge on any atom is 0.231 e. The van der Waals surface area contributed by atoms with Crippen molar-refractivity contribution in [2.45, 2.75) is 58.0 Å². The van der Waals surface area contributed by atoms with Gasteiger partial charge in [-0.05, 0) is 80.9 Å². The lowest BCUT2D eigenvalue weighted by molar-refractivity contribution is -0.140. The van der Waals surface area contributed by atoms with Gasteiger partial charge in [0.1, 0.15) is 23.7 Å². The molecule has 4 saturated carbocycles. The van der Waals surface area contributed by atoms with Gasteiger partial charge in [-0.3, -0.25) is 9.69 Å². The number of anilines is 1. The van der Waals surface area contributed by atoms with Crippen LogP contribution in [0.15, 0.2) is 24.5 Å². The van der Waals surface area contributed by atoms with E-state index in [0.29, 0.717) is 30.2 Å². The van der Waals surface area contributed by atoms with Gasteiger partial charge in [0.2, 0.25) is 5.91 Å². The van der Waals surface area contributed by atoms with E-state index in [1.54, 1.807) is 25.6 Å². The molecule has 0 spiro atoms. The largest absolute Gasteiger partial charge is 0.497 e. The van der Waals surface area contributed by atoms with Gasteiger partial charge < -0.3 is 10.1 Å². The second-order valence-electron chi connectivity index (χ2n) is 10.7. The van der Waals surface area contributed by atoms with E-state index < -0.39 is 0 Å². The van der Waals surface area contributed by atoms with Gasteiger partial charge in [0.15, 0.2) is 0 Å². The third kappa shape index (κ3) is 3.80. The summed E-state index contributed by atoms with van der Waals surface area (Å²) in [7, 11) is 1.59. The van der Waals surface area contributed by atoms with Crippen LogP contribution in [-0.4, -0.2) is 34.4 Å². The normalized spacial score (nSPS) is 30.2. The van der Waals surface area contributed by atoms with Gasteiger partial charge in [-0.15, -0.1) is 0 Å². The summed E-state index contributed by atoms with van der Waals surface area (Å²) in [6.45, 7) is 1.85. The van der Waals surface area contributed by atoms with Crippen LogP contribution in [0.25, 0.3) is 0 Å². The minimum atomic E-state index is -0.229. The predicted octanol–water partition coefficient (Wildman–Crippen LogP) is 4.34. The van der Waals surface area contributed by atoms with Crippen molar-refractivity contribution in [1.29, 1.82) is 0 Å². The predicted molar refractivity (Wildman–Crippen MR) is 122 cm³/mol. The Morgan fingerprint density at radius 3 is 2.61 bits per heavy atom. The molecule has 1 amide bonds. The summed E-state index contributed by atoms with van der Waals surface area (Å²) >= 11 is 0. The van der Waals surface area contributed by atoms with Crippen molar-refractivity contribution in [3.8, 4) is 5.75 Å². The van der Waals surface area contributed by atoms with Crippen molar-refractivity contribution in [2.24, 2.45) is 23.2 Å². The van der Waals surface area contributed by atoms with Crippen LogP contribution in [0.4, 0.5) is 10.2 Å². The fourth-order valence-electron chi connectivity index (χ4n) is 7.32. The Kier molecular flexibility index (Phi) is 5.13.